The highest BCUT2D eigenvalue weighted by atomic mass is 35.5. The van der Waals surface area contributed by atoms with Crippen molar-refractivity contribution < 1.29 is 4.79 Å². The molecule has 3 rings (SSSR count). The van der Waals surface area contributed by atoms with Crippen LogP contribution in [0, 0.1) is 0 Å². The molecule has 5 heteroatoms. The van der Waals surface area contributed by atoms with Crippen LogP contribution in [0.5, 0.6) is 0 Å². The molecule has 4 N–H and O–H groups in total. The monoisotopic (exact) mass is 311 g/mol. The summed E-state index contributed by atoms with van der Waals surface area (Å²) in [5, 5.41) is 7.98. The molecule has 0 aliphatic carbocycles. The van der Waals surface area contributed by atoms with E-state index in [1.54, 1.807) is 18.2 Å². The van der Waals surface area contributed by atoms with Gasteiger partial charge in [0.15, 0.2) is 0 Å². The number of nitrogen functional groups attached to an aromatic ring is 1. The van der Waals surface area contributed by atoms with E-state index < -0.39 is 0 Å². The minimum absolute atomic E-state index is 0.358. The van der Waals surface area contributed by atoms with Gasteiger partial charge in [0.05, 0.1) is 16.4 Å². The lowest BCUT2D eigenvalue weighted by molar-refractivity contribution is 0.262. The van der Waals surface area contributed by atoms with E-state index in [-0.39, 0.29) is 6.03 Å². The smallest absolute Gasteiger partial charge is 0.323 e. The Labute approximate surface area is 132 Å². The number of carbonyl (C=O) groups excluding carboxylic acids is 1. The van der Waals surface area contributed by atoms with Crippen LogP contribution in [0.3, 0.4) is 0 Å². The third kappa shape index (κ3) is 2.97. The first-order valence-electron chi connectivity index (χ1n) is 6.74. The van der Waals surface area contributed by atoms with Gasteiger partial charge in [-0.3, -0.25) is 0 Å². The summed E-state index contributed by atoms with van der Waals surface area (Å²) in [6.07, 6.45) is 0. The van der Waals surface area contributed by atoms with Crippen molar-refractivity contribution in [3.8, 4) is 0 Å². The molecule has 0 aliphatic heterocycles. The molecule has 0 unspecified atom stereocenters. The molecule has 0 radical (unpaired) electrons. The zero-order valence-corrected chi connectivity index (χ0v) is 12.4. The van der Waals surface area contributed by atoms with Crippen molar-refractivity contribution in [3.05, 3.63) is 65.7 Å². The van der Waals surface area contributed by atoms with Crippen molar-refractivity contribution in [2.75, 3.05) is 16.4 Å². The van der Waals surface area contributed by atoms with Gasteiger partial charge in [-0.25, -0.2) is 4.79 Å². The summed E-state index contributed by atoms with van der Waals surface area (Å²) in [4.78, 5) is 12.2. The molecule has 0 atom stereocenters. The van der Waals surface area contributed by atoms with Gasteiger partial charge in [-0.15, -0.1) is 0 Å². The normalized spacial score (nSPS) is 10.4. The number of amides is 2. The Morgan fingerprint density at radius 3 is 2.45 bits per heavy atom. The van der Waals surface area contributed by atoms with E-state index in [0.717, 1.165) is 16.5 Å². The fraction of sp³-hybridized carbons (Fsp3) is 0. The first kappa shape index (κ1) is 14.2. The quantitative estimate of drug-likeness (QED) is 0.599. The van der Waals surface area contributed by atoms with E-state index in [2.05, 4.69) is 10.6 Å². The summed E-state index contributed by atoms with van der Waals surface area (Å²) in [6, 6.07) is 18.2. The van der Waals surface area contributed by atoms with E-state index in [9.17, 15) is 4.79 Å². The number of hydrogen-bond donors (Lipinski definition) is 3. The number of urea groups is 1. The molecule has 0 bridgehead atoms. The summed E-state index contributed by atoms with van der Waals surface area (Å²) >= 11 is 6.05. The number of nitrogens with two attached hydrogens (primary N) is 1. The fourth-order valence-corrected chi connectivity index (χ4v) is 2.48. The average molecular weight is 312 g/mol. The predicted octanol–water partition coefficient (Wildman–Crippen LogP) is 4.72. The zero-order valence-electron chi connectivity index (χ0n) is 11.6. The second-order valence-electron chi connectivity index (χ2n) is 4.85. The topological polar surface area (TPSA) is 67.1 Å². The van der Waals surface area contributed by atoms with Gasteiger partial charge in [-0.05, 0) is 29.7 Å². The highest BCUT2D eigenvalue weighted by Crippen LogP contribution is 2.26. The van der Waals surface area contributed by atoms with Crippen molar-refractivity contribution in [2.45, 2.75) is 0 Å². The van der Waals surface area contributed by atoms with Gasteiger partial charge >= 0.3 is 6.03 Å². The SMILES string of the molecule is Nc1ccc(NC(=O)Nc2cccc3ccccc23)c(Cl)c1. The maximum absolute atomic E-state index is 12.2. The van der Waals surface area contributed by atoms with Crippen LogP contribution in [-0.2, 0) is 0 Å². The Kier molecular flexibility index (Phi) is 3.85. The van der Waals surface area contributed by atoms with Crippen molar-refractivity contribution in [2.24, 2.45) is 0 Å². The molecule has 0 aromatic heterocycles. The van der Waals surface area contributed by atoms with Gasteiger partial charge in [0.2, 0.25) is 0 Å². The molecule has 0 heterocycles. The Morgan fingerprint density at radius 1 is 0.909 bits per heavy atom. The molecular weight excluding hydrogens is 298 g/mol. The van der Waals surface area contributed by atoms with Gasteiger partial charge in [0.1, 0.15) is 0 Å². The number of nitrogens with one attached hydrogen (secondary N) is 2. The Balaban J connectivity index is 1.81. The predicted molar refractivity (Wildman–Crippen MR) is 92.5 cm³/mol. The summed E-state index contributed by atoms with van der Waals surface area (Å²) in [5.74, 6) is 0. The average Bonchev–Trinajstić information content (AvgIpc) is 2.50. The van der Waals surface area contributed by atoms with Gasteiger partial charge in [-0.2, -0.15) is 0 Å². The van der Waals surface area contributed by atoms with Crippen LogP contribution in [0.25, 0.3) is 10.8 Å². The van der Waals surface area contributed by atoms with Gasteiger partial charge < -0.3 is 16.4 Å². The van der Waals surface area contributed by atoms with Crippen LogP contribution in [0.1, 0.15) is 0 Å². The first-order chi connectivity index (χ1) is 10.6. The Bertz CT molecular complexity index is 843. The summed E-state index contributed by atoms with van der Waals surface area (Å²) < 4.78 is 0. The minimum Gasteiger partial charge on any atom is -0.399 e. The molecule has 0 spiro atoms. The number of carbonyl (C=O) groups is 1. The maximum Gasteiger partial charge on any atom is 0.323 e. The van der Waals surface area contributed by atoms with Crippen LogP contribution < -0.4 is 16.4 Å². The second kappa shape index (κ2) is 5.95. The lowest BCUT2D eigenvalue weighted by Crippen LogP contribution is -2.19. The highest BCUT2D eigenvalue weighted by molar-refractivity contribution is 6.34. The number of halogens is 1. The lowest BCUT2D eigenvalue weighted by atomic mass is 10.1. The molecule has 110 valence electrons. The van der Waals surface area contributed by atoms with Crippen LogP contribution >= 0.6 is 11.6 Å². The summed E-state index contributed by atoms with van der Waals surface area (Å²) in [7, 11) is 0. The first-order valence-corrected chi connectivity index (χ1v) is 7.12. The molecule has 0 saturated carbocycles. The van der Waals surface area contributed by atoms with E-state index in [1.165, 1.54) is 0 Å². The zero-order chi connectivity index (χ0) is 15.5. The van der Waals surface area contributed by atoms with Crippen LogP contribution in [0.4, 0.5) is 21.9 Å². The molecule has 0 saturated heterocycles. The Hall–Kier alpha value is -2.72. The number of rotatable bonds is 2. The lowest BCUT2D eigenvalue weighted by Gasteiger charge is -2.11. The van der Waals surface area contributed by atoms with E-state index >= 15 is 0 Å². The standard InChI is InChI=1S/C17H14ClN3O/c18-14-10-12(19)8-9-16(14)21-17(22)20-15-7-3-5-11-4-1-2-6-13(11)15/h1-10H,19H2,(H2,20,21,22). The molecule has 4 nitrogen and oxygen atoms in total. The van der Waals surface area contributed by atoms with Crippen LogP contribution in [-0.4, -0.2) is 6.03 Å². The summed E-state index contributed by atoms with van der Waals surface area (Å²) in [6.45, 7) is 0. The summed E-state index contributed by atoms with van der Waals surface area (Å²) in [5.41, 5.74) is 7.42. The van der Waals surface area contributed by atoms with Gasteiger partial charge in [-0.1, -0.05) is 48.0 Å². The highest BCUT2D eigenvalue weighted by Gasteiger charge is 2.08. The van der Waals surface area contributed by atoms with Crippen molar-refractivity contribution in [1.29, 1.82) is 0 Å². The molecular formula is C17H14ClN3O. The molecule has 3 aromatic carbocycles. The third-order valence-corrected chi connectivity index (χ3v) is 3.59. The van der Waals surface area contributed by atoms with E-state index in [4.69, 9.17) is 17.3 Å². The number of fused-ring (bicyclic) bond motifs is 1. The van der Waals surface area contributed by atoms with Crippen LogP contribution in [0.15, 0.2) is 60.7 Å². The molecule has 22 heavy (non-hydrogen) atoms. The van der Waals surface area contributed by atoms with Crippen molar-refractivity contribution in [3.63, 3.8) is 0 Å². The van der Waals surface area contributed by atoms with Crippen molar-refractivity contribution >= 4 is 45.5 Å². The molecule has 0 aliphatic rings. The van der Waals surface area contributed by atoms with Crippen LogP contribution in [0.2, 0.25) is 5.02 Å². The molecule has 3 aromatic rings. The number of hydrogen-bond acceptors (Lipinski definition) is 2. The van der Waals surface area contributed by atoms with E-state index in [1.807, 2.05) is 42.5 Å². The van der Waals surface area contributed by atoms with Gasteiger partial charge in [0, 0.05) is 11.1 Å². The number of anilines is 3. The Morgan fingerprint density at radius 2 is 1.64 bits per heavy atom. The van der Waals surface area contributed by atoms with E-state index in [0.29, 0.717) is 16.4 Å². The minimum atomic E-state index is -0.358. The second-order valence-corrected chi connectivity index (χ2v) is 5.25. The number of benzene rings is 3. The van der Waals surface area contributed by atoms with Gasteiger partial charge in [0.25, 0.3) is 0 Å². The third-order valence-electron chi connectivity index (χ3n) is 3.28. The van der Waals surface area contributed by atoms with Crippen molar-refractivity contribution in [1.82, 2.24) is 0 Å². The largest absolute Gasteiger partial charge is 0.399 e. The maximum atomic E-state index is 12.2. The fourth-order valence-electron chi connectivity index (χ4n) is 2.24. The molecule has 2 amide bonds. The molecule has 0 fully saturated rings.